The van der Waals surface area contributed by atoms with E-state index in [1.165, 1.54) is 16.7 Å². The second kappa shape index (κ2) is 12.6. The lowest BCUT2D eigenvalue weighted by molar-refractivity contribution is 0.400. The molecule has 2 aromatic carbocycles. The van der Waals surface area contributed by atoms with Gasteiger partial charge in [-0.2, -0.15) is 0 Å². The number of halogens is 1. The van der Waals surface area contributed by atoms with Crippen LogP contribution in [0.3, 0.4) is 0 Å². The first kappa shape index (κ1) is 23.2. The van der Waals surface area contributed by atoms with E-state index in [1.54, 1.807) is 14.2 Å². The molecule has 0 fully saturated rings. The van der Waals surface area contributed by atoms with Crippen LogP contribution >= 0.6 is 24.0 Å². The van der Waals surface area contributed by atoms with Crippen LogP contribution in [0.1, 0.15) is 16.7 Å². The van der Waals surface area contributed by atoms with Gasteiger partial charge in [0.15, 0.2) is 5.96 Å². The van der Waals surface area contributed by atoms with Crippen LogP contribution in [0.15, 0.2) is 53.5 Å². The van der Waals surface area contributed by atoms with Gasteiger partial charge in [-0.05, 0) is 49.3 Å². The molecule has 2 aromatic rings. The van der Waals surface area contributed by atoms with Gasteiger partial charge in [-0.1, -0.05) is 36.4 Å². The van der Waals surface area contributed by atoms with Gasteiger partial charge >= 0.3 is 0 Å². The van der Waals surface area contributed by atoms with Crippen LogP contribution in [0.4, 0.5) is 0 Å². The normalized spacial score (nSPS) is 11.1. The van der Waals surface area contributed by atoms with Crippen molar-refractivity contribution < 1.29 is 4.74 Å². The third-order valence-corrected chi connectivity index (χ3v) is 4.14. The molecule has 148 valence electrons. The number of hydrogen-bond acceptors (Lipinski definition) is 3. The average molecular weight is 482 g/mol. The van der Waals surface area contributed by atoms with Gasteiger partial charge in [0, 0.05) is 26.7 Å². The third-order valence-electron chi connectivity index (χ3n) is 4.14. The van der Waals surface area contributed by atoms with Crippen LogP contribution in [0.25, 0.3) is 0 Å². The zero-order valence-electron chi connectivity index (χ0n) is 16.7. The first-order chi connectivity index (χ1) is 12.6. The second-order valence-electron chi connectivity index (χ2n) is 6.46. The summed E-state index contributed by atoms with van der Waals surface area (Å²) in [6.45, 7) is 2.51. The largest absolute Gasteiger partial charge is 0.497 e. The molecule has 2 N–H and O–H groups in total. The maximum atomic E-state index is 5.19. The summed E-state index contributed by atoms with van der Waals surface area (Å²) in [5.41, 5.74) is 3.89. The zero-order valence-corrected chi connectivity index (χ0v) is 19.0. The summed E-state index contributed by atoms with van der Waals surface area (Å²) in [6.07, 6.45) is 0.932. The molecule has 2 rings (SSSR count). The number of nitrogens with zero attached hydrogens (tertiary/aromatic N) is 2. The van der Waals surface area contributed by atoms with Crippen molar-refractivity contribution in [2.45, 2.75) is 19.5 Å². The highest BCUT2D eigenvalue weighted by molar-refractivity contribution is 14.0. The van der Waals surface area contributed by atoms with Crippen LogP contribution in [-0.4, -0.2) is 45.7 Å². The molecule has 0 bridgehead atoms. The molecule has 0 aliphatic heterocycles. The number of hydrogen-bond donors (Lipinski definition) is 2. The van der Waals surface area contributed by atoms with E-state index in [9.17, 15) is 0 Å². The lowest BCUT2D eigenvalue weighted by Gasteiger charge is -2.16. The minimum Gasteiger partial charge on any atom is -0.497 e. The van der Waals surface area contributed by atoms with E-state index in [0.29, 0.717) is 0 Å². The van der Waals surface area contributed by atoms with Gasteiger partial charge in [0.25, 0.3) is 0 Å². The Bertz CT molecular complexity index is 702. The molecule has 0 spiro atoms. The highest BCUT2D eigenvalue weighted by atomic mass is 127. The Balaban J connectivity index is 0.00000364. The Kier molecular flexibility index (Phi) is 10.8. The van der Waals surface area contributed by atoms with Crippen molar-refractivity contribution in [1.82, 2.24) is 15.5 Å². The molecule has 0 unspecified atom stereocenters. The first-order valence-electron chi connectivity index (χ1n) is 8.91. The summed E-state index contributed by atoms with van der Waals surface area (Å²) in [5.74, 6) is 1.70. The molecule has 0 saturated carbocycles. The minimum absolute atomic E-state index is 0. The van der Waals surface area contributed by atoms with Crippen molar-refractivity contribution in [1.29, 1.82) is 0 Å². The number of rotatable bonds is 8. The van der Waals surface area contributed by atoms with Crippen molar-refractivity contribution in [3.05, 3.63) is 65.2 Å². The molecule has 0 atom stereocenters. The molecule has 0 saturated heterocycles. The highest BCUT2D eigenvalue weighted by Crippen LogP contribution is 2.12. The highest BCUT2D eigenvalue weighted by Gasteiger charge is 2.04. The predicted octanol–water partition coefficient (Wildman–Crippen LogP) is 3.28. The Labute approximate surface area is 180 Å². The number of aliphatic imine (C=N–C) groups is 1. The SMILES string of the molecule is CN=C(NCCc1ccc(OC)cc1)NCc1ccccc1CN(C)C.I. The topological polar surface area (TPSA) is 48.9 Å². The fourth-order valence-electron chi connectivity index (χ4n) is 2.74. The third kappa shape index (κ3) is 8.17. The quantitative estimate of drug-likeness (QED) is 0.345. The molecule has 0 amide bonds. The second-order valence-corrected chi connectivity index (χ2v) is 6.46. The zero-order chi connectivity index (χ0) is 18.8. The van der Waals surface area contributed by atoms with Crippen molar-refractivity contribution in [3.63, 3.8) is 0 Å². The monoisotopic (exact) mass is 482 g/mol. The number of nitrogens with one attached hydrogen (secondary N) is 2. The van der Waals surface area contributed by atoms with E-state index in [-0.39, 0.29) is 24.0 Å². The lowest BCUT2D eigenvalue weighted by Crippen LogP contribution is -2.38. The van der Waals surface area contributed by atoms with Crippen LogP contribution < -0.4 is 15.4 Å². The standard InChI is InChI=1S/C21H30N4O.HI/c1-22-21(23-14-13-17-9-11-20(26-4)12-10-17)24-15-18-7-5-6-8-19(18)16-25(2)3;/h5-12H,13-16H2,1-4H3,(H2,22,23,24);1H. The molecular formula is C21H31IN4O. The number of ether oxygens (including phenoxy) is 1. The van der Waals surface area contributed by atoms with Gasteiger partial charge in [0.2, 0.25) is 0 Å². The fourth-order valence-corrected chi connectivity index (χ4v) is 2.74. The van der Waals surface area contributed by atoms with E-state index in [1.807, 2.05) is 12.1 Å². The average Bonchev–Trinajstić information content (AvgIpc) is 2.65. The van der Waals surface area contributed by atoms with Gasteiger partial charge in [-0.15, -0.1) is 24.0 Å². The Morgan fingerprint density at radius 1 is 1.00 bits per heavy atom. The predicted molar refractivity (Wildman–Crippen MR) is 124 cm³/mol. The van der Waals surface area contributed by atoms with Gasteiger partial charge in [0.1, 0.15) is 5.75 Å². The Morgan fingerprint density at radius 2 is 1.67 bits per heavy atom. The first-order valence-corrected chi connectivity index (χ1v) is 8.91. The maximum Gasteiger partial charge on any atom is 0.191 e. The number of methoxy groups -OCH3 is 1. The van der Waals surface area contributed by atoms with Crippen LogP contribution in [0.5, 0.6) is 5.75 Å². The number of guanidine groups is 1. The maximum absolute atomic E-state index is 5.19. The van der Waals surface area contributed by atoms with Gasteiger partial charge in [0.05, 0.1) is 7.11 Å². The molecule has 6 heteroatoms. The molecule has 0 aliphatic carbocycles. The summed E-state index contributed by atoms with van der Waals surface area (Å²) in [6, 6.07) is 16.7. The van der Waals surface area contributed by atoms with Crippen LogP contribution in [-0.2, 0) is 19.5 Å². The van der Waals surface area contributed by atoms with E-state index in [0.717, 1.165) is 37.8 Å². The fraction of sp³-hybridized carbons (Fsp3) is 0.381. The summed E-state index contributed by atoms with van der Waals surface area (Å²) in [7, 11) is 7.66. The molecule has 5 nitrogen and oxygen atoms in total. The molecular weight excluding hydrogens is 451 g/mol. The van der Waals surface area contributed by atoms with Crippen LogP contribution in [0, 0.1) is 0 Å². The van der Waals surface area contributed by atoms with Crippen molar-refractivity contribution in [2.75, 3.05) is 34.8 Å². The molecule has 0 aromatic heterocycles. The molecule has 0 radical (unpaired) electrons. The van der Waals surface area contributed by atoms with E-state index >= 15 is 0 Å². The van der Waals surface area contributed by atoms with E-state index in [2.05, 4.69) is 71.0 Å². The van der Waals surface area contributed by atoms with Crippen molar-refractivity contribution in [3.8, 4) is 5.75 Å². The summed E-state index contributed by atoms with van der Waals surface area (Å²) < 4.78 is 5.19. The van der Waals surface area contributed by atoms with Gasteiger partial charge in [-0.3, -0.25) is 4.99 Å². The van der Waals surface area contributed by atoms with Gasteiger partial charge in [-0.25, -0.2) is 0 Å². The Morgan fingerprint density at radius 3 is 2.26 bits per heavy atom. The van der Waals surface area contributed by atoms with E-state index < -0.39 is 0 Å². The molecule has 27 heavy (non-hydrogen) atoms. The van der Waals surface area contributed by atoms with Crippen molar-refractivity contribution >= 4 is 29.9 Å². The number of benzene rings is 2. The summed E-state index contributed by atoms with van der Waals surface area (Å²) in [4.78, 5) is 6.50. The lowest BCUT2D eigenvalue weighted by atomic mass is 10.1. The molecule has 0 aliphatic rings. The molecule has 0 heterocycles. The smallest absolute Gasteiger partial charge is 0.191 e. The summed E-state index contributed by atoms with van der Waals surface area (Å²) >= 11 is 0. The Hall–Kier alpha value is -1.80. The van der Waals surface area contributed by atoms with E-state index in [4.69, 9.17) is 4.74 Å². The van der Waals surface area contributed by atoms with Gasteiger partial charge < -0.3 is 20.3 Å². The minimum atomic E-state index is 0. The summed E-state index contributed by atoms with van der Waals surface area (Å²) in [5, 5.41) is 6.78. The van der Waals surface area contributed by atoms with Crippen molar-refractivity contribution in [2.24, 2.45) is 4.99 Å². The van der Waals surface area contributed by atoms with Crippen LogP contribution in [0.2, 0.25) is 0 Å².